The highest BCUT2D eigenvalue weighted by atomic mass is 35.5. The number of amides is 1. The molecule has 0 aliphatic carbocycles. The van der Waals surface area contributed by atoms with Crippen molar-refractivity contribution in [2.75, 3.05) is 31.6 Å². The number of nitrogens with zero attached hydrogens (tertiary/aromatic N) is 1. The van der Waals surface area contributed by atoms with Gasteiger partial charge in [-0.1, -0.05) is 11.6 Å². The Hall–Kier alpha value is -1.55. The summed E-state index contributed by atoms with van der Waals surface area (Å²) in [5, 5.41) is 8.41. The van der Waals surface area contributed by atoms with Crippen LogP contribution in [0.5, 0.6) is 0 Å². The number of sulfonamides is 1. The second kappa shape index (κ2) is 7.99. The van der Waals surface area contributed by atoms with Crippen LogP contribution in [0.3, 0.4) is 0 Å². The van der Waals surface area contributed by atoms with Gasteiger partial charge in [-0.3, -0.25) is 0 Å². The lowest BCUT2D eigenvalue weighted by Gasteiger charge is -2.34. The van der Waals surface area contributed by atoms with E-state index in [1.54, 1.807) is 4.90 Å². The molecule has 0 saturated carbocycles. The summed E-state index contributed by atoms with van der Waals surface area (Å²) in [5.74, 6) is 0. The average molecular weight is 406 g/mol. The third-order valence-electron chi connectivity index (χ3n) is 3.58. The number of morpholine rings is 1. The molecule has 1 fully saturated rings. The Balaban J connectivity index is 1.94. The van der Waals surface area contributed by atoms with Gasteiger partial charge in [0.05, 0.1) is 34.9 Å². The lowest BCUT2D eigenvalue weighted by Crippen LogP contribution is -2.49. The van der Waals surface area contributed by atoms with Crippen molar-refractivity contribution in [2.24, 2.45) is 5.14 Å². The normalized spacial score (nSPS) is 18.5. The first kappa shape index (κ1) is 20.8. The largest absolute Gasteiger partial charge is 0.444 e. The molecule has 1 heterocycles. The molecule has 1 aromatic rings. The SMILES string of the molecule is CC(C)(C)OC(=O)N1CCO[C@@H](CNc2ccc(S(N)(=O)=O)cc2Cl)C1. The van der Waals surface area contributed by atoms with E-state index in [9.17, 15) is 13.2 Å². The molecule has 1 atom stereocenters. The first-order valence-electron chi connectivity index (χ1n) is 8.11. The minimum absolute atomic E-state index is 0.0573. The number of ether oxygens (including phenoxy) is 2. The molecule has 3 N–H and O–H groups in total. The quantitative estimate of drug-likeness (QED) is 0.792. The Kier molecular flexibility index (Phi) is 6.38. The highest BCUT2D eigenvalue weighted by Gasteiger charge is 2.28. The molecular formula is C16H24ClN3O5S. The average Bonchev–Trinajstić information content (AvgIpc) is 2.51. The van der Waals surface area contributed by atoms with E-state index in [0.717, 1.165) is 0 Å². The van der Waals surface area contributed by atoms with Crippen LogP contribution in [0.4, 0.5) is 10.5 Å². The van der Waals surface area contributed by atoms with Crippen LogP contribution < -0.4 is 10.5 Å². The molecule has 1 saturated heterocycles. The number of hydrogen-bond acceptors (Lipinski definition) is 6. The molecule has 146 valence electrons. The monoisotopic (exact) mass is 405 g/mol. The van der Waals surface area contributed by atoms with Crippen LogP contribution >= 0.6 is 11.6 Å². The number of halogens is 1. The van der Waals surface area contributed by atoms with Crippen molar-refractivity contribution in [1.29, 1.82) is 0 Å². The minimum Gasteiger partial charge on any atom is -0.444 e. The van der Waals surface area contributed by atoms with Gasteiger partial charge in [0, 0.05) is 13.1 Å². The van der Waals surface area contributed by atoms with Crippen LogP contribution in [0.25, 0.3) is 0 Å². The molecule has 8 nitrogen and oxygen atoms in total. The second-order valence-electron chi connectivity index (χ2n) is 6.99. The van der Waals surface area contributed by atoms with Gasteiger partial charge in [-0.25, -0.2) is 18.4 Å². The van der Waals surface area contributed by atoms with Crippen LogP contribution in [0.1, 0.15) is 20.8 Å². The number of primary sulfonamides is 1. The Morgan fingerprint density at radius 1 is 1.46 bits per heavy atom. The summed E-state index contributed by atoms with van der Waals surface area (Å²) in [5.41, 5.74) is -0.00100. The van der Waals surface area contributed by atoms with Crippen molar-refractivity contribution in [3.05, 3.63) is 23.2 Å². The van der Waals surface area contributed by atoms with Crippen LogP contribution in [0, 0.1) is 0 Å². The summed E-state index contributed by atoms with van der Waals surface area (Å²) >= 11 is 6.10. The van der Waals surface area contributed by atoms with Gasteiger partial charge in [0.2, 0.25) is 10.0 Å². The minimum atomic E-state index is -3.80. The van der Waals surface area contributed by atoms with E-state index < -0.39 is 15.6 Å². The fourth-order valence-electron chi connectivity index (χ4n) is 2.38. The molecule has 0 spiro atoms. The molecule has 1 amide bonds. The smallest absolute Gasteiger partial charge is 0.410 e. The van der Waals surface area contributed by atoms with Gasteiger partial charge in [-0.15, -0.1) is 0 Å². The molecule has 1 aliphatic rings. The molecule has 2 rings (SSSR count). The molecule has 0 unspecified atom stereocenters. The summed E-state index contributed by atoms with van der Waals surface area (Å²) in [6, 6.07) is 4.20. The van der Waals surface area contributed by atoms with Crippen LogP contribution in [0.15, 0.2) is 23.1 Å². The number of nitrogens with two attached hydrogens (primary N) is 1. The van der Waals surface area contributed by atoms with E-state index in [1.165, 1.54) is 18.2 Å². The van der Waals surface area contributed by atoms with Crippen LogP contribution in [-0.2, 0) is 19.5 Å². The van der Waals surface area contributed by atoms with E-state index in [2.05, 4.69) is 5.32 Å². The van der Waals surface area contributed by atoms with Gasteiger partial charge in [0.1, 0.15) is 5.60 Å². The number of nitrogens with one attached hydrogen (secondary N) is 1. The van der Waals surface area contributed by atoms with Crippen molar-refractivity contribution >= 4 is 33.4 Å². The fourth-order valence-corrected chi connectivity index (χ4v) is 3.23. The molecule has 0 radical (unpaired) electrons. The van der Waals surface area contributed by atoms with Crippen LogP contribution in [0.2, 0.25) is 5.02 Å². The van der Waals surface area contributed by atoms with E-state index in [4.69, 9.17) is 26.2 Å². The number of anilines is 1. The Bertz CT molecular complexity index is 764. The first-order chi connectivity index (χ1) is 12.0. The highest BCUT2D eigenvalue weighted by Crippen LogP contribution is 2.25. The summed E-state index contributed by atoms with van der Waals surface area (Å²) in [4.78, 5) is 13.7. The zero-order valence-electron chi connectivity index (χ0n) is 15.0. The van der Waals surface area contributed by atoms with Gasteiger partial charge in [-0.2, -0.15) is 0 Å². The second-order valence-corrected chi connectivity index (χ2v) is 8.96. The lowest BCUT2D eigenvalue weighted by atomic mass is 10.2. The van der Waals surface area contributed by atoms with Crippen molar-refractivity contribution < 1.29 is 22.7 Å². The van der Waals surface area contributed by atoms with Crippen molar-refractivity contribution in [1.82, 2.24) is 4.90 Å². The Labute approximate surface area is 158 Å². The number of carbonyl (C=O) groups is 1. The maximum Gasteiger partial charge on any atom is 0.410 e. The van der Waals surface area contributed by atoms with Gasteiger partial charge in [0.25, 0.3) is 0 Å². The predicted octanol–water partition coefficient (Wildman–Crippen LogP) is 2.04. The van der Waals surface area contributed by atoms with Gasteiger partial charge in [-0.05, 0) is 39.0 Å². The molecular weight excluding hydrogens is 382 g/mol. The standard InChI is InChI=1S/C16H24ClN3O5S/c1-16(2,3)25-15(21)20-6-7-24-11(10-20)9-19-14-5-4-12(8-13(14)17)26(18,22)23/h4-5,8,11,19H,6-7,9-10H2,1-3H3,(H2,18,22,23)/t11-/m0/s1. The predicted molar refractivity (Wildman–Crippen MR) is 98.9 cm³/mol. The van der Waals surface area contributed by atoms with Crippen molar-refractivity contribution in [3.8, 4) is 0 Å². The van der Waals surface area contributed by atoms with Gasteiger partial charge in [0.15, 0.2) is 0 Å². The number of hydrogen-bond donors (Lipinski definition) is 2. The fraction of sp³-hybridized carbons (Fsp3) is 0.562. The number of rotatable bonds is 4. The first-order valence-corrected chi connectivity index (χ1v) is 10.0. The van der Waals surface area contributed by atoms with Gasteiger partial charge >= 0.3 is 6.09 Å². The summed E-state index contributed by atoms with van der Waals surface area (Å²) in [6.07, 6.45) is -0.619. The molecule has 10 heteroatoms. The molecule has 0 bridgehead atoms. The number of carbonyl (C=O) groups excluding carboxylic acids is 1. The summed E-state index contributed by atoms with van der Waals surface area (Å²) in [6.45, 7) is 7.11. The third kappa shape index (κ3) is 6.01. The van der Waals surface area contributed by atoms with E-state index in [1.807, 2.05) is 20.8 Å². The zero-order valence-corrected chi connectivity index (χ0v) is 16.6. The topological polar surface area (TPSA) is 111 Å². The Morgan fingerprint density at radius 3 is 2.73 bits per heavy atom. The van der Waals surface area contributed by atoms with Crippen molar-refractivity contribution in [3.63, 3.8) is 0 Å². The lowest BCUT2D eigenvalue weighted by molar-refractivity contribution is -0.0371. The van der Waals surface area contributed by atoms with Crippen molar-refractivity contribution in [2.45, 2.75) is 37.4 Å². The molecule has 26 heavy (non-hydrogen) atoms. The maximum atomic E-state index is 12.2. The van der Waals surface area contributed by atoms with E-state index in [0.29, 0.717) is 31.9 Å². The van der Waals surface area contributed by atoms with E-state index >= 15 is 0 Å². The summed E-state index contributed by atoms with van der Waals surface area (Å²) in [7, 11) is -3.80. The highest BCUT2D eigenvalue weighted by molar-refractivity contribution is 7.89. The van der Waals surface area contributed by atoms with E-state index in [-0.39, 0.29) is 22.1 Å². The summed E-state index contributed by atoms with van der Waals surface area (Å²) < 4.78 is 33.7. The third-order valence-corrected chi connectivity index (χ3v) is 4.80. The van der Waals surface area contributed by atoms with Gasteiger partial charge < -0.3 is 19.7 Å². The number of benzene rings is 1. The maximum absolute atomic E-state index is 12.2. The molecule has 1 aliphatic heterocycles. The van der Waals surface area contributed by atoms with Crippen LogP contribution in [-0.4, -0.2) is 57.4 Å². The Morgan fingerprint density at radius 2 is 2.15 bits per heavy atom. The molecule has 0 aromatic heterocycles. The zero-order chi connectivity index (χ0) is 19.5. The molecule has 1 aromatic carbocycles.